The van der Waals surface area contributed by atoms with Crippen molar-refractivity contribution in [2.24, 2.45) is 0 Å². The molecule has 2 rings (SSSR count). The molecule has 0 fully saturated rings. The largest absolute Gasteiger partial charge is 0.463 e. The summed E-state index contributed by atoms with van der Waals surface area (Å²) in [6.07, 6.45) is 2.67. The number of nitrogens with zero attached hydrogens (tertiary/aromatic N) is 5. The summed E-state index contributed by atoms with van der Waals surface area (Å²) >= 11 is 0. The highest BCUT2D eigenvalue weighted by Gasteiger charge is 2.10. The van der Waals surface area contributed by atoms with Gasteiger partial charge in [-0.25, -0.2) is 4.68 Å². The van der Waals surface area contributed by atoms with Crippen LogP contribution >= 0.6 is 0 Å². The zero-order valence-corrected chi connectivity index (χ0v) is 11.4. The lowest BCUT2D eigenvalue weighted by Crippen LogP contribution is -2.10. The third-order valence-corrected chi connectivity index (χ3v) is 2.46. The monoisotopic (exact) mass is 262 g/mol. The lowest BCUT2D eigenvalue weighted by Gasteiger charge is -2.05. The molecule has 7 nitrogen and oxygen atoms in total. The maximum atomic E-state index is 5.65. The average molecular weight is 262 g/mol. The van der Waals surface area contributed by atoms with Crippen LogP contribution in [0.3, 0.4) is 0 Å². The molecule has 0 radical (unpaired) electrons. The summed E-state index contributed by atoms with van der Waals surface area (Å²) in [5.74, 6) is 0.833. The molecule has 2 N–H and O–H groups in total. The van der Waals surface area contributed by atoms with E-state index in [-0.39, 0.29) is 12.0 Å². The van der Waals surface area contributed by atoms with Gasteiger partial charge in [-0.3, -0.25) is 0 Å². The van der Waals surface area contributed by atoms with Crippen LogP contribution in [0.15, 0.2) is 12.3 Å². The minimum absolute atomic E-state index is 0.123. The van der Waals surface area contributed by atoms with E-state index in [9.17, 15) is 0 Å². The lowest BCUT2D eigenvalue weighted by atomic mass is 10.1. The smallest absolute Gasteiger partial charge is 0.323 e. The van der Waals surface area contributed by atoms with Crippen LogP contribution in [0.1, 0.15) is 38.8 Å². The van der Waals surface area contributed by atoms with Gasteiger partial charge in [-0.05, 0) is 18.4 Å². The third-order valence-electron chi connectivity index (χ3n) is 2.46. The fourth-order valence-corrected chi connectivity index (χ4v) is 1.48. The number of hydrogen-bond donors (Lipinski definition) is 1. The predicted octanol–water partition coefficient (Wildman–Crippen LogP) is 1.55. The van der Waals surface area contributed by atoms with Crippen molar-refractivity contribution < 1.29 is 4.74 Å². The zero-order chi connectivity index (χ0) is 13.8. The Morgan fingerprint density at radius 1 is 1.32 bits per heavy atom. The van der Waals surface area contributed by atoms with Crippen molar-refractivity contribution in [3.8, 4) is 12.0 Å². The highest BCUT2D eigenvalue weighted by Crippen LogP contribution is 2.14. The van der Waals surface area contributed by atoms with Gasteiger partial charge >= 0.3 is 6.01 Å². The number of rotatable bonds is 5. The molecule has 0 amide bonds. The molecule has 0 unspecified atom stereocenters. The van der Waals surface area contributed by atoms with Gasteiger partial charge in [0.05, 0.1) is 12.3 Å². The normalized spacial score (nSPS) is 10.9. The molecule has 19 heavy (non-hydrogen) atoms. The Morgan fingerprint density at radius 3 is 2.74 bits per heavy atom. The molecule has 2 aromatic rings. The SMILES string of the molecule is CCCOc1nc(N)nc(-n2ccc(C(C)C)n2)n1. The van der Waals surface area contributed by atoms with Gasteiger partial charge in [0.15, 0.2) is 0 Å². The number of aromatic nitrogens is 5. The Bertz CT molecular complexity index is 551. The molecule has 2 aromatic heterocycles. The first-order valence-electron chi connectivity index (χ1n) is 6.30. The summed E-state index contributed by atoms with van der Waals surface area (Å²) in [6.45, 7) is 6.70. The Kier molecular flexibility index (Phi) is 3.94. The van der Waals surface area contributed by atoms with Gasteiger partial charge < -0.3 is 10.5 Å². The van der Waals surface area contributed by atoms with Crippen molar-refractivity contribution in [3.05, 3.63) is 18.0 Å². The number of anilines is 1. The molecule has 0 saturated heterocycles. The lowest BCUT2D eigenvalue weighted by molar-refractivity contribution is 0.291. The first-order valence-corrected chi connectivity index (χ1v) is 6.30. The van der Waals surface area contributed by atoms with E-state index >= 15 is 0 Å². The molecule has 0 bridgehead atoms. The van der Waals surface area contributed by atoms with Gasteiger partial charge in [0.25, 0.3) is 5.95 Å². The Morgan fingerprint density at radius 2 is 2.11 bits per heavy atom. The van der Waals surface area contributed by atoms with Crippen LogP contribution in [0, 0.1) is 0 Å². The summed E-state index contributed by atoms with van der Waals surface area (Å²) in [6, 6.07) is 2.16. The van der Waals surface area contributed by atoms with Gasteiger partial charge in [-0.2, -0.15) is 20.1 Å². The molecule has 7 heteroatoms. The number of nitrogens with two attached hydrogens (primary N) is 1. The maximum Gasteiger partial charge on any atom is 0.323 e. The summed E-state index contributed by atoms with van der Waals surface area (Å²) in [5, 5.41) is 4.40. The summed E-state index contributed by atoms with van der Waals surface area (Å²) in [7, 11) is 0. The second-order valence-electron chi connectivity index (χ2n) is 4.46. The molecule has 0 aromatic carbocycles. The Balaban J connectivity index is 2.29. The fourth-order valence-electron chi connectivity index (χ4n) is 1.48. The van der Waals surface area contributed by atoms with Crippen molar-refractivity contribution in [3.63, 3.8) is 0 Å². The Labute approximate surface area is 111 Å². The maximum absolute atomic E-state index is 5.65. The average Bonchev–Trinajstić information content (AvgIpc) is 2.85. The first kappa shape index (κ1) is 13.3. The van der Waals surface area contributed by atoms with Gasteiger partial charge in [-0.1, -0.05) is 20.8 Å². The van der Waals surface area contributed by atoms with Gasteiger partial charge in [0, 0.05) is 6.20 Å². The van der Waals surface area contributed by atoms with E-state index in [4.69, 9.17) is 10.5 Å². The number of hydrogen-bond acceptors (Lipinski definition) is 6. The van der Waals surface area contributed by atoms with E-state index in [0.29, 0.717) is 18.5 Å². The molecule has 2 heterocycles. The number of nitrogen functional groups attached to an aromatic ring is 1. The van der Waals surface area contributed by atoms with E-state index in [1.54, 1.807) is 10.9 Å². The predicted molar refractivity (Wildman–Crippen MR) is 71.2 cm³/mol. The van der Waals surface area contributed by atoms with Gasteiger partial charge in [-0.15, -0.1) is 0 Å². The first-order chi connectivity index (χ1) is 9.10. The molecular weight excluding hydrogens is 244 g/mol. The van der Waals surface area contributed by atoms with E-state index < -0.39 is 0 Å². The summed E-state index contributed by atoms with van der Waals surface area (Å²) in [4.78, 5) is 12.2. The number of ether oxygens (including phenoxy) is 1. The van der Waals surface area contributed by atoms with Crippen molar-refractivity contribution in [2.75, 3.05) is 12.3 Å². The topological polar surface area (TPSA) is 91.7 Å². The molecule has 102 valence electrons. The molecule has 0 saturated carbocycles. The molecule has 0 aliphatic heterocycles. The molecule has 0 aliphatic carbocycles. The highest BCUT2D eigenvalue weighted by molar-refractivity contribution is 5.25. The van der Waals surface area contributed by atoms with Crippen LogP contribution in [0.4, 0.5) is 5.95 Å². The van der Waals surface area contributed by atoms with Crippen molar-refractivity contribution in [1.29, 1.82) is 0 Å². The minimum atomic E-state index is 0.123. The summed E-state index contributed by atoms with van der Waals surface area (Å²) in [5.41, 5.74) is 6.62. The fraction of sp³-hybridized carbons (Fsp3) is 0.500. The Hall–Kier alpha value is -2.18. The van der Waals surface area contributed by atoms with E-state index in [0.717, 1.165) is 12.1 Å². The van der Waals surface area contributed by atoms with E-state index in [2.05, 4.69) is 33.9 Å². The second kappa shape index (κ2) is 5.64. The highest BCUT2D eigenvalue weighted by atomic mass is 16.5. The van der Waals surface area contributed by atoms with Crippen LogP contribution in [0.2, 0.25) is 0 Å². The zero-order valence-electron chi connectivity index (χ0n) is 11.4. The van der Waals surface area contributed by atoms with Crippen LogP contribution in [0.25, 0.3) is 5.95 Å². The second-order valence-corrected chi connectivity index (χ2v) is 4.46. The molecular formula is C12H18N6O. The molecule has 0 atom stereocenters. The van der Waals surface area contributed by atoms with E-state index in [1.165, 1.54) is 0 Å². The molecule has 0 aliphatic rings. The standard InChI is InChI=1S/C12H18N6O/c1-4-7-19-12-15-10(13)14-11(16-12)18-6-5-9(17-18)8(2)3/h5-6,8H,4,7H2,1-3H3,(H2,13,14,15,16). The van der Waals surface area contributed by atoms with Gasteiger partial charge in [0.1, 0.15) is 0 Å². The van der Waals surface area contributed by atoms with Crippen molar-refractivity contribution in [1.82, 2.24) is 24.7 Å². The van der Waals surface area contributed by atoms with Crippen LogP contribution in [-0.2, 0) is 0 Å². The van der Waals surface area contributed by atoms with Crippen LogP contribution in [-0.4, -0.2) is 31.3 Å². The van der Waals surface area contributed by atoms with Crippen molar-refractivity contribution >= 4 is 5.95 Å². The van der Waals surface area contributed by atoms with Crippen molar-refractivity contribution in [2.45, 2.75) is 33.1 Å². The van der Waals surface area contributed by atoms with Crippen LogP contribution in [0.5, 0.6) is 6.01 Å². The molecule has 0 spiro atoms. The van der Waals surface area contributed by atoms with E-state index in [1.807, 2.05) is 13.0 Å². The minimum Gasteiger partial charge on any atom is -0.463 e. The quantitative estimate of drug-likeness (QED) is 0.879. The third kappa shape index (κ3) is 3.18. The van der Waals surface area contributed by atoms with Crippen LogP contribution < -0.4 is 10.5 Å². The van der Waals surface area contributed by atoms with Gasteiger partial charge in [0.2, 0.25) is 5.95 Å². The summed E-state index contributed by atoms with van der Waals surface area (Å²) < 4.78 is 6.94.